The molecule has 1 N–H and O–H groups in total. The molecule has 1 saturated heterocycles. The molecule has 0 amide bonds. The van der Waals surface area contributed by atoms with Gasteiger partial charge < -0.3 is 19.5 Å². The molecule has 2 aliphatic rings. The lowest BCUT2D eigenvalue weighted by Crippen LogP contribution is -2.33. The molecule has 208 valence electrons. The quantitative estimate of drug-likeness (QED) is 0.326. The van der Waals surface area contributed by atoms with Gasteiger partial charge in [-0.1, -0.05) is 24.6 Å². The predicted molar refractivity (Wildman–Crippen MR) is 155 cm³/mol. The lowest BCUT2D eigenvalue weighted by atomic mass is 9.79. The minimum atomic E-state index is -0.315. The maximum absolute atomic E-state index is 15.1. The number of aryl methyl sites for hydroxylation is 1. The Labute approximate surface area is 232 Å². The van der Waals surface area contributed by atoms with Crippen molar-refractivity contribution in [2.75, 3.05) is 45.3 Å². The summed E-state index contributed by atoms with van der Waals surface area (Å²) in [5.41, 5.74) is 5.78. The molecule has 0 saturated carbocycles. The number of halogens is 1. The van der Waals surface area contributed by atoms with Crippen molar-refractivity contribution in [3.63, 3.8) is 0 Å². The molecule has 1 aliphatic heterocycles. The SMILES string of the molecule is COc1ccc([C@@H]2CCc3cc(O)ccc3C2)c(N(C)C(C)c2ccc(OCCN3CCCCC3)c(F)c2)c1. The fourth-order valence-corrected chi connectivity index (χ4v) is 6.10. The van der Waals surface area contributed by atoms with Gasteiger partial charge in [-0.25, -0.2) is 4.39 Å². The molecule has 1 aliphatic carbocycles. The van der Waals surface area contributed by atoms with E-state index in [9.17, 15) is 5.11 Å². The van der Waals surface area contributed by atoms with Crippen molar-refractivity contribution in [3.8, 4) is 17.2 Å². The van der Waals surface area contributed by atoms with Gasteiger partial charge in [-0.05, 0) is 111 Å². The van der Waals surface area contributed by atoms with Gasteiger partial charge >= 0.3 is 0 Å². The second kappa shape index (κ2) is 12.3. The normalized spacial score (nSPS) is 18.3. The first-order chi connectivity index (χ1) is 18.9. The Balaban J connectivity index is 1.31. The molecule has 2 atom stereocenters. The van der Waals surface area contributed by atoms with Crippen molar-refractivity contribution >= 4 is 5.69 Å². The van der Waals surface area contributed by atoms with Crippen LogP contribution in [0.15, 0.2) is 54.6 Å². The maximum atomic E-state index is 15.1. The van der Waals surface area contributed by atoms with Crippen LogP contribution in [-0.4, -0.2) is 50.4 Å². The number of aromatic hydroxyl groups is 1. The van der Waals surface area contributed by atoms with Crippen LogP contribution in [0.1, 0.15) is 66.8 Å². The summed E-state index contributed by atoms with van der Waals surface area (Å²) in [6.45, 7) is 5.67. The Kier molecular flexibility index (Phi) is 8.61. The molecule has 0 aromatic heterocycles. The summed E-state index contributed by atoms with van der Waals surface area (Å²) < 4.78 is 26.5. The monoisotopic (exact) mass is 532 g/mol. The molecule has 0 radical (unpaired) electrons. The molecule has 1 heterocycles. The van der Waals surface area contributed by atoms with E-state index < -0.39 is 0 Å². The van der Waals surface area contributed by atoms with Gasteiger partial charge in [0.2, 0.25) is 0 Å². The number of ether oxygens (including phenoxy) is 2. The smallest absolute Gasteiger partial charge is 0.165 e. The Hall–Kier alpha value is -3.25. The Morgan fingerprint density at radius 1 is 1.03 bits per heavy atom. The van der Waals surface area contributed by atoms with E-state index in [2.05, 4.69) is 35.9 Å². The summed E-state index contributed by atoms with van der Waals surface area (Å²) in [5.74, 6) is 1.49. The van der Waals surface area contributed by atoms with E-state index in [1.807, 2.05) is 24.3 Å². The number of nitrogens with zero attached hydrogens (tertiary/aromatic N) is 2. The zero-order valence-corrected chi connectivity index (χ0v) is 23.5. The number of phenolic OH excluding ortho intramolecular Hbond substituents is 1. The number of rotatable bonds is 9. The Morgan fingerprint density at radius 3 is 2.62 bits per heavy atom. The fourth-order valence-electron chi connectivity index (χ4n) is 6.10. The zero-order valence-electron chi connectivity index (χ0n) is 23.5. The van der Waals surface area contributed by atoms with Gasteiger partial charge in [0.1, 0.15) is 18.1 Å². The van der Waals surface area contributed by atoms with Crippen LogP contribution in [0.2, 0.25) is 0 Å². The highest BCUT2D eigenvalue weighted by Gasteiger charge is 2.26. The van der Waals surface area contributed by atoms with E-state index in [4.69, 9.17) is 9.47 Å². The number of anilines is 1. The number of hydrogen-bond donors (Lipinski definition) is 1. The van der Waals surface area contributed by atoms with Gasteiger partial charge in [0.15, 0.2) is 11.6 Å². The van der Waals surface area contributed by atoms with Gasteiger partial charge in [0.05, 0.1) is 13.2 Å². The van der Waals surface area contributed by atoms with Crippen molar-refractivity contribution < 1.29 is 19.0 Å². The second-order valence-corrected chi connectivity index (χ2v) is 11.0. The molecule has 0 spiro atoms. The van der Waals surface area contributed by atoms with Gasteiger partial charge in [-0.3, -0.25) is 4.90 Å². The molecule has 5 nitrogen and oxygen atoms in total. The molecule has 39 heavy (non-hydrogen) atoms. The molecule has 1 fully saturated rings. The van der Waals surface area contributed by atoms with Gasteiger partial charge in [0, 0.05) is 25.3 Å². The van der Waals surface area contributed by atoms with Crippen molar-refractivity contribution in [1.82, 2.24) is 4.90 Å². The number of fused-ring (bicyclic) bond motifs is 1. The molecule has 5 rings (SSSR count). The van der Waals surface area contributed by atoms with E-state index in [-0.39, 0.29) is 11.9 Å². The van der Waals surface area contributed by atoms with E-state index in [1.54, 1.807) is 25.3 Å². The highest BCUT2D eigenvalue weighted by atomic mass is 19.1. The third kappa shape index (κ3) is 6.33. The number of piperidine rings is 1. The molecule has 3 aromatic rings. The number of methoxy groups -OCH3 is 1. The van der Waals surface area contributed by atoms with Crippen molar-refractivity contribution in [2.45, 2.75) is 57.4 Å². The number of hydrogen-bond acceptors (Lipinski definition) is 5. The van der Waals surface area contributed by atoms with Crippen LogP contribution in [0, 0.1) is 5.82 Å². The molecule has 6 heteroatoms. The van der Waals surface area contributed by atoms with E-state index in [0.717, 1.165) is 55.9 Å². The lowest BCUT2D eigenvalue weighted by molar-refractivity contribution is 0.180. The summed E-state index contributed by atoms with van der Waals surface area (Å²) >= 11 is 0. The number of phenols is 1. The third-order valence-electron chi connectivity index (χ3n) is 8.61. The fraction of sp³-hybridized carbons (Fsp3) is 0.455. The Morgan fingerprint density at radius 2 is 1.85 bits per heavy atom. The number of benzene rings is 3. The minimum Gasteiger partial charge on any atom is -0.508 e. The van der Waals surface area contributed by atoms with Crippen molar-refractivity contribution in [1.29, 1.82) is 0 Å². The summed E-state index contributed by atoms with van der Waals surface area (Å²) in [6, 6.07) is 17.3. The standard InChI is InChI=1S/C33H41FN2O3/c1-23(24-10-14-33(31(34)21-24)39-18-17-36-15-5-4-6-16-36)35(2)32-22-29(38-3)12-13-30(32)27-8-7-26-20-28(37)11-9-25(26)19-27/h9-14,20-23,27,37H,4-8,15-19H2,1-3H3/t23?,27-/m1/s1. The largest absolute Gasteiger partial charge is 0.508 e. The molecule has 1 unspecified atom stereocenters. The van der Waals surface area contributed by atoms with Gasteiger partial charge in [0.25, 0.3) is 0 Å². The average molecular weight is 533 g/mol. The van der Waals surface area contributed by atoms with Crippen LogP contribution < -0.4 is 14.4 Å². The summed E-state index contributed by atoms with van der Waals surface area (Å²) in [6.07, 6.45) is 6.65. The highest BCUT2D eigenvalue weighted by molar-refractivity contribution is 5.60. The van der Waals surface area contributed by atoms with Crippen molar-refractivity contribution in [3.05, 3.63) is 82.7 Å². The Bertz CT molecular complexity index is 1270. The first kappa shape index (κ1) is 27.3. The zero-order chi connectivity index (χ0) is 27.4. The highest BCUT2D eigenvalue weighted by Crippen LogP contribution is 2.41. The van der Waals surface area contributed by atoms with Gasteiger partial charge in [-0.15, -0.1) is 0 Å². The van der Waals surface area contributed by atoms with Crippen LogP contribution in [0.25, 0.3) is 0 Å². The molecular formula is C33H41FN2O3. The van der Waals surface area contributed by atoms with Crippen LogP contribution >= 0.6 is 0 Å². The average Bonchev–Trinajstić information content (AvgIpc) is 2.97. The number of likely N-dealkylation sites (tertiary alicyclic amines) is 1. The molecule has 0 bridgehead atoms. The molecule has 3 aromatic carbocycles. The third-order valence-corrected chi connectivity index (χ3v) is 8.61. The van der Waals surface area contributed by atoms with E-state index >= 15 is 4.39 Å². The first-order valence-electron chi connectivity index (χ1n) is 14.3. The van der Waals surface area contributed by atoms with Crippen LogP contribution in [0.3, 0.4) is 0 Å². The van der Waals surface area contributed by atoms with Crippen LogP contribution in [0.4, 0.5) is 10.1 Å². The molecular weight excluding hydrogens is 491 g/mol. The van der Waals surface area contributed by atoms with E-state index in [1.165, 1.54) is 36.0 Å². The van der Waals surface area contributed by atoms with Crippen LogP contribution in [-0.2, 0) is 12.8 Å². The minimum absolute atomic E-state index is 0.0550. The topological polar surface area (TPSA) is 45.2 Å². The summed E-state index contributed by atoms with van der Waals surface area (Å²) in [4.78, 5) is 4.61. The predicted octanol–water partition coefficient (Wildman–Crippen LogP) is 6.87. The first-order valence-corrected chi connectivity index (χ1v) is 14.3. The summed E-state index contributed by atoms with van der Waals surface area (Å²) in [5, 5.41) is 9.89. The maximum Gasteiger partial charge on any atom is 0.165 e. The van der Waals surface area contributed by atoms with Gasteiger partial charge in [-0.2, -0.15) is 0 Å². The summed E-state index contributed by atoms with van der Waals surface area (Å²) in [7, 11) is 3.75. The van der Waals surface area contributed by atoms with E-state index in [0.29, 0.717) is 24.0 Å². The van der Waals surface area contributed by atoms with Crippen LogP contribution in [0.5, 0.6) is 17.2 Å². The lowest BCUT2D eigenvalue weighted by Gasteiger charge is -2.33. The second-order valence-electron chi connectivity index (χ2n) is 11.0. The van der Waals surface area contributed by atoms with Crippen molar-refractivity contribution in [2.24, 2.45) is 0 Å².